The van der Waals surface area contributed by atoms with E-state index in [9.17, 15) is 4.79 Å². The maximum absolute atomic E-state index is 11.0. The van der Waals surface area contributed by atoms with Gasteiger partial charge in [0.15, 0.2) is 0 Å². The quantitative estimate of drug-likeness (QED) is 0.698. The van der Waals surface area contributed by atoms with Crippen LogP contribution in [0, 0.1) is 11.8 Å². The minimum atomic E-state index is -0.0780. The fraction of sp³-hybridized carbons (Fsp3) is 0.909. The topological polar surface area (TPSA) is 38.3 Å². The van der Waals surface area contributed by atoms with Gasteiger partial charge < -0.3 is 10.1 Å². The predicted octanol–water partition coefficient (Wildman–Crippen LogP) is 1.58. The number of esters is 1. The molecule has 0 aliphatic carbocycles. The van der Waals surface area contributed by atoms with Gasteiger partial charge in [-0.25, -0.2) is 0 Å². The smallest absolute Gasteiger partial charge is 0.305 e. The molecule has 3 nitrogen and oxygen atoms in total. The first-order chi connectivity index (χ1) is 6.74. The van der Waals surface area contributed by atoms with Crippen molar-refractivity contribution in [3.05, 3.63) is 0 Å². The molecular weight excluding hydrogens is 178 g/mol. The van der Waals surface area contributed by atoms with Crippen molar-refractivity contribution in [2.24, 2.45) is 11.8 Å². The molecular formula is C11H21NO2. The van der Waals surface area contributed by atoms with Crippen LogP contribution < -0.4 is 5.32 Å². The van der Waals surface area contributed by atoms with E-state index in [4.69, 9.17) is 4.74 Å². The Balaban J connectivity index is 2.19. The SMILES string of the molecule is CCC(=O)OCC(C)C1CCNCC1. The van der Waals surface area contributed by atoms with Gasteiger partial charge in [-0.1, -0.05) is 13.8 Å². The number of rotatable bonds is 4. The lowest BCUT2D eigenvalue weighted by Gasteiger charge is -2.27. The zero-order chi connectivity index (χ0) is 10.4. The number of hydrogen-bond acceptors (Lipinski definition) is 3. The molecule has 0 saturated carbocycles. The summed E-state index contributed by atoms with van der Waals surface area (Å²) in [6.45, 7) is 6.82. The Morgan fingerprint density at radius 1 is 1.50 bits per heavy atom. The monoisotopic (exact) mass is 199 g/mol. The summed E-state index contributed by atoms with van der Waals surface area (Å²) in [4.78, 5) is 11.0. The molecule has 1 heterocycles. The molecule has 0 radical (unpaired) electrons. The van der Waals surface area contributed by atoms with Gasteiger partial charge in [0.25, 0.3) is 0 Å². The van der Waals surface area contributed by atoms with Crippen LogP contribution in [0.5, 0.6) is 0 Å². The van der Waals surface area contributed by atoms with Crippen molar-refractivity contribution >= 4 is 5.97 Å². The Hall–Kier alpha value is -0.570. The predicted molar refractivity (Wildman–Crippen MR) is 56.0 cm³/mol. The van der Waals surface area contributed by atoms with Gasteiger partial charge in [0.05, 0.1) is 6.61 Å². The van der Waals surface area contributed by atoms with Gasteiger partial charge in [-0.2, -0.15) is 0 Å². The first-order valence-electron chi connectivity index (χ1n) is 5.60. The van der Waals surface area contributed by atoms with Crippen LogP contribution in [-0.2, 0) is 9.53 Å². The average molecular weight is 199 g/mol. The number of hydrogen-bond donors (Lipinski definition) is 1. The van der Waals surface area contributed by atoms with Crippen molar-refractivity contribution in [3.8, 4) is 0 Å². The summed E-state index contributed by atoms with van der Waals surface area (Å²) in [7, 11) is 0. The minimum absolute atomic E-state index is 0.0780. The van der Waals surface area contributed by atoms with Crippen LogP contribution >= 0.6 is 0 Å². The fourth-order valence-electron chi connectivity index (χ4n) is 1.88. The first-order valence-corrected chi connectivity index (χ1v) is 5.60. The van der Waals surface area contributed by atoms with E-state index in [1.54, 1.807) is 0 Å². The van der Waals surface area contributed by atoms with Crippen LogP contribution in [-0.4, -0.2) is 25.7 Å². The molecule has 0 aromatic heterocycles. The Kier molecular flexibility index (Phi) is 4.94. The van der Waals surface area contributed by atoms with Gasteiger partial charge in [0.2, 0.25) is 0 Å². The summed E-state index contributed by atoms with van der Waals surface area (Å²) in [6.07, 6.45) is 2.91. The van der Waals surface area contributed by atoms with E-state index in [1.807, 2.05) is 6.92 Å². The summed E-state index contributed by atoms with van der Waals surface area (Å²) in [5, 5.41) is 3.34. The lowest BCUT2D eigenvalue weighted by molar-refractivity contribution is -0.145. The third-order valence-corrected chi connectivity index (χ3v) is 2.98. The van der Waals surface area contributed by atoms with Crippen LogP contribution in [0.25, 0.3) is 0 Å². The third kappa shape index (κ3) is 3.66. The maximum Gasteiger partial charge on any atom is 0.305 e. The Morgan fingerprint density at radius 2 is 2.14 bits per heavy atom. The van der Waals surface area contributed by atoms with Gasteiger partial charge >= 0.3 is 5.97 Å². The minimum Gasteiger partial charge on any atom is -0.465 e. The summed E-state index contributed by atoms with van der Waals surface area (Å²) in [5.41, 5.74) is 0. The van der Waals surface area contributed by atoms with E-state index in [0.29, 0.717) is 18.9 Å². The molecule has 1 aliphatic heterocycles. The molecule has 0 amide bonds. The molecule has 1 rings (SSSR count). The van der Waals surface area contributed by atoms with Crippen molar-refractivity contribution in [2.75, 3.05) is 19.7 Å². The van der Waals surface area contributed by atoms with Crippen molar-refractivity contribution in [1.29, 1.82) is 0 Å². The largest absolute Gasteiger partial charge is 0.465 e. The molecule has 3 heteroatoms. The highest BCUT2D eigenvalue weighted by Crippen LogP contribution is 2.21. The first kappa shape index (κ1) is 11.5. The number of ether oxygens (including phenoxy) is 1. The standard InChI is InChI=1S/C11H21NO2/c1-3-11(13)14-8-9(2)10-4-6-12-7-5-10/h9-10,12H,3-8H2,1-2H3. The molecule has 0 aromatic rings. The van der Waals surface area contributed by atoms with E-state index < -0.39 is 0 Å². The summed E-state index contributed by atoms with van der Waals surface area (Å²) in [5.74, 6) is 1.15. The normalized spacial score (nSPS) is 20.4. The van der Waals surface area contributed by atoms with Gasteiger partial charge in [-0.15, -0.1) is 0 Å². The molecule has 0 aromatic carbocycles. The van der Waals surface area contributed by atoms with Crippen LogP contribution in [0.4, 0.5) is 0 Å². The van der Waals surface area contributed by atoms with E-state index in [-0.39, 0.29) is 5.97 Å². The second kappa shape index (κ2) is 6.02. The molecule has 1 aliphatic rings. The summed E-state index contributed by atoms with van der Waals surface area (Å²) >= 11 is 0. The summed E-state index contributed by atoms with van der Waals surface area (Å²) < 4.78 is 5.15. The lowest BCUT2D eigenvalue weighted by Crippen LogP contribution is -2.32. The molecule has 1 saturated heterocycles. The number of carbonyl (C=O) groups excluding carboxylic acids is 1. The van der Waals surface area contributed by atoms with Gasteiger partial charge in [0, 0.05) is 6.42 Å². The van der Waals surface area contributed by atoms with Crippen molar-refractivity contribution in [1.82, 2.24) is 5.32 Å². The van der Waals surface area contributed by atoms with E-state index in [1.165, 1.54) is 12.8 Å². The average Bonchev–Trinajstić information content (AvgIpc) is 2.26. The second-order valence-electron chi connectivity index (χ2n) is 4.10. The molecule has 14 heavy (non-hydrogen) atoms. The third-order valence-electron chi connectivity index (χ3n) is 2.98. The molecule has 1 N–H and O–H groups in total. The van der Waals surface area contributed by atoms with E-state index in [0.717, 1.165) is 19.0 Å². The van der Waals surface area contributed by atoms with Gasteiger partial charge in [0.1, 0.15) is 0 Å². The molecule has 1 unspecified atom stereocenters. The van der Waals surface area contributed by atoms with Crippen molar-refractivity contribution in [2.45, 2.75) is 33.1 Å². The van der Waals surface area contributed by atoms with E-state index in [2.05, 4.69) is 12.2 Å². The highest BCUT2D eigenvalue weighted by Gasteiger charge is 2.20. The van der Waals surface area contributed by atoms with E-state index >= 15 is 0 Å². The molecule has 1 fully saturated rings. The maximum atomic E-state index is 11.0. The number of carbonyl (C=O) groups is 1. The number of piperidine rings is 1. The highest BCUT2D eigenvalue weighted by atomic mass is 16.5. The lowest BCUT2D eigenvalue weighted by atomic mass is 9.87. The van der Waals surface area contributed by atoms with Crippen LogP contribution in [0.1, 0.15) is 33.1 Å². The molecule has 82 valence electrons. The van der Waals surface area contributed by atoms with Gasteiger partial charge in [-0.05, 0) is 37.8 Å². The molecule has 1 atom stereocenters. The van der Waals surface area contributed by atoms with Crippen molar-refractivity contribution in [3.63, 3.8) is 0 Å². The van der Waals surface area contributed by atoms with Crippen molar-refractivity contribution < 1.29 is 9.53 Å². The van der Waals surface area contributed by atoms with Crippen LogP contribution in [0.2, 0.25) is 0 Å². The zero-order valence-electron chi connectivity index (χ0n) is 9.21. The fourth-order valence-corrected chi connectivity index (χ4v) is 1.88. The number of nitrogens with one attached hydrogen (secondary N) is 1. The van der Waals surface area contributed by atoms with Crippen LogP contribution in [0.15, 0.2) is 0 Å². The zero-order valence-corrected chi connectivity index (χ0v) is 9.21. The Morgan fingerprint density at radius 3 is 2.71 bits per heavy atom. The molecule has 0 bridgehead atoms. The highest BCUT2D eigenvalue weighted by molar-refractivity contribution is 5.68. The Labute approximate surface area is 86.2 Å². The molecule has 0 spiro atoms. The van der Waals surface area contributed by atoms with Gasteiger partial charge in [-0.3, -0.25) is 4.79 Å². The Bertz CT molecular complexity index is 176. The van der Waals surface area contributed by atoms with Crippen LogP contribution in [0.3, 0.4) is 0 Å². The second-order valence-corrected chi connectivity index (χ2v) is 4.10. The summed E-state index contributed by atoms with van der Waals surface area (Å²) in [6, 6.07) is 0.